The van der Waals surface area contributed by atoms with E-state index in [1.54, 1.807) is 0 Å². The Bertz CT molecular complexity index is 125. The van der Waals surface area contributed by atoms with Crippen molar-refractivity contribution in [3.63, 3.8) is 0 Å². The van der Waals surface area contributed by atoms with E-state index in [1.807, 2.05) is 6.92 Å². The predicted octanol–water partition coefficient (Wildman–Crippen LogP) is -1.62. The van der Waals surface area contributed by atoms with E-state index in [0.29, 0.717) is 6.67 Å². The first-order valence-electron chi connectivity index (χ1n) is 2.98. The van der Waals surface area contributed by atoms with Gasteiger partial charge in [0.1, 0.15) is 6.04 Å². The highest BCUT2D eigenvalue weighted by molar-refractivity contribution is 5.81. The molecule has 9 heavy (non-hydrogen) atoms. The molecule has 1 aliphatic heterocycles. The zero-order valence-corrected chi connectivity index (χ0v) is 5.35. The minimum Gasteiger partial charge on any atom is -0.368 e. The van der Waals surface area contributed by atoms with E-state index in [1.165, 1.54) is 0 Å². The number of amides is 1. The van der Waals surface area contributed by atoms with Gasteiger partial charge in [-0.2, -0.15) is 0 Å². The molecule has 2 atom stereocenters. The molecule has 4 N–H and O–H groups in total. The summed E-state index contributed by atoms with van der Waals surface area (Å²) in [6, 6.07) is -0.0208. The predicted molar refractivity (Wildman–Crippen MR) is 33.6 cm³/mol. The number of carbonyl (C=O) groups is 1. The molecule has 0 aromatic heterocycles. The Labute approximate surface area is 53.8 Å². The first-order chi connectivity index (χ1) is 4.22. The van der Waals surface area contributed by atoms with Gasteiger partial charge in [0, 0.05) is 12.7 Å². The summed E-state index contributed by atoms with van der Waals surface area (Å²) < 4.78 is 0. The second-order valence-electron chi connectivity index (χ2n) is 2.25. The largest absolute Gasteiger partial charge is 0.368 e. The first kappa shape index (κ1) is 6.51. The van der Waals surface area contributed by atoms with Crippen molar-refractivity contribution in [1.82, 2.24) is 10.6 Å². The van der Waals surface area contributed by atoms with Crippen LogP contribution >= 0.6 is 0 Å². The third kappa shape index (κ3) is 1.20. The molecule has 0 saturated carbocycles. The molecular weight excluding hydrogens is 118 g/mol. The Kier molecular flexibility index (Phi) is 1.68. The Hall–Kier alpha value is -0.610. The molecule has 1 rings (SSSR count). The van der Waals surface area contributed by atoms with Gasteiger partial charge in [0.05, 0.1) is 0 Å². The molecule has 1 amide bonds. The first-order valence-corrected chi connectivity index (χ1v) is 2.98. The smallest absolute Gasteiger partial charge is 0.236 e. The van der Waals surface area contributed by atoms with E-state index in [2.05, 4.69) is 10.6 Å². The fourth-order valence-corrected chi connectivity index (χ4v) is 0.971. The van der Waals surface area contributed by atoms with Crippen LogP contribution in [0.1, 0.15) is 6.92 Å². The molecule has 2 unspecified atom stereocenters. The maximum Gasteiger partial charge on any atom is 0.236 e. The molecule has 0 aromatic rings. The lowest BCUT2D eigenvalue weighted by Crippen LogP contribution is -2.43. The summed E-state index contributed by atoms with van der Waals surface area (Å²) >= 11 is 0. The van der Waals surface area contributed by atoms with Gasteiger partial charge in [0.15, 0.2) is 0 Å². The van der Waals surface area contributed by atoms with Crippen molar-refractivity contribution in [2.24, 2.45) is 5.73 Å². The Morgan fingerprint density at radius 1 is 1.67 bits per heavy atom. The van der Waals surface area contributed by atoms with Crippen LogP contribution in [0.25, 0.3) is 0 Å². The molecule has 4 heteroatoms. The summed E-state index contributed by atoms with van der Waals surface area (Å²) in [5.74, 6) is -0.285. The Morgan fingerprint density at radius 3 is 2.56 bits per heavy atom. The third-order valence-electron chi connectivity index (χ3n) is 1.55. The van der Waals surface area contributed by atoms with Gasteiger partial charge in [-0.05, 0) is 6.92 Å². The van der Waals surface area contributed by atoms with Crippen LogP contribution in [-0.2, 0) is 4.79 Å². The van der Waals surface area contributed by atoms with Gasteiger partial charge in [-0.25, -0.2) is 0 Å². The number of nitrogens with two attached hydrogens (primary N) is 1. The number of nitrogens with one attached hydrogen (secondary N) is 2. The lowest BCUT2D eigenvalue weighted by atomic mass is 10.2. The van der Waals surface area contributed by atoms with Gasteiger partial charge in [0.25, 0.3) is 0 Å². The Morgan fingerprint density at radius 2 is 2.33 bits per heavy atom. The average Bonchev–Trinajstić information content (AvgIpc) is 2.13. The van der Waals surface area contributed by atoms with Crippen LogP contribution in [0.3, 0.4) is 0 Å². The second-order valence-corrected chi connectivity index (χ2v) is 2.25. The Balaban J connectivity index is 2.49. The standard InChI is InChI=1S/C5H11N3O/c1-3-4(5(6)9)8-2-7-3/h3-4,7-8H,2H2,1H3,(H2,6,9). The molecule has 1 heterocycles. The average molecular weight is 129 g/mol. The summed E-state index contributed by atoms with van der Waals surface area (Å²) in [5.41, 5.74) is 5.05. The highest BCUT2D eigenvalue weighted by Crippen LogP contribution is 1.96. The van der Waals surface area contributed by atoms with Gasteiger partial charge in [0.2, 0.25) is 5.91 Å². The minimum absolute atomic E-state index is 0.169. The third-order valence-corrected chi connectivity index (χ3v) is 1.55. The van der Waals surface area contributed by atoms with Crippen molar-refractivity contribution >= 4 is 5.91 Å². The lowest BCUT2D eigenvalue weighted by Gasteiger charge is -2.08. The highest BCUT2D eigenvalue weighted by atomic mass is 16.1. The van der Waals surface area contributed by atoms with Crippen molar-refractivity contribution in [2.45, 2.75) is 19.0 Å². The molecule has 52 valence electrons. The molecule has 4 nitrogen and oxygen atoms in total. The van der Waals surface area contributed by atoms with Crippen LogP contribution < -0.4 is 16.4 Å². The quantitative estimate of drug-likeness (QED) is 0.398. The van der Waals surface area contributed by atoms with E-state index in [0.717, 1.165) is 0 Å². The molecule has 0 spiro atoms. The van der Waals surface area contributed by atoms with Crippen molar-refractivity contribution in [1.29, 1.82) is 0 Å². The molecule has 0 aliphatic carbocycles. The van der Waals surface area contributed by atoms with E-state index >= 15 is 0 Å². The minimum atomic E-state index is -0.285. The number of rotatable bonds is 1. The highest BCUT2D eigenvalue weighted by Gasteiger charge is 2.26. The second kappa shape index (κ2) is 2.33. The zero-order chi connectivity index (χ0) is 6.85. The monoisotopic (exact) mass is 129 g/mol. The van der Waals surface area contributed by atoms with Crippen molar-refractivity contribution in [3.05, 3.63) is 0 Å². The van der Waals surface area contributed by atoms with Gasteiger partial charge >= 0.3 is 0 Å². The van der Waals surface area contributed by atoms with E-state index in [4.69, 9.17) is 5.73 Å². The van der Waals surface area contributed by atoms with Crippen LogP contribution in [0.2, 0.25) is 0 Å². The molecule has 0 aromatic carbocycles. The number of primary amides is 1. The normalized spacial score (nSPS) is 34.8. The van der Waals surface area contributed by atoms with Crippen LogP contribution in [0.5, 0.6) is 0 Å². The van der Waals surface area contributed by atoms with Crippen molar-refractivity contribution in [2.75, 3.05) is 6.67 Å². The van der Waals surface area contributed by atoms with Gasteiger partial charge in [-0.1, -0.05) is 0 Å². The maximum atomic E-state index is 10.5. The summed E-state index contributed by atoms with van der Waals surface area (Å²) in [4.78, 5) is 10.5. The van der Waals surface area contributed by atoms with E-state index < -0.39 is 0 Å². The summed E-state index contributed by atoms with van der Waals surface area (Å²) in [5, 5.41) is 5.96. The van der Waals surface area contributed by atoms with E-state index in [9.17, 15) is 4.79 Å². The zero-order valence-electron chi connectivity index (χ0n) is 5.35. The summed E-state index contributed by atoms with van der Waals surface area (Å²) in [7, 11) is 0. The van der Waals surface area contributed by atoms with Crippen molar-refractivity contribution in [3.8, 4) is 0 Å². The SMILES string of the molecule is CC1NCNC1C(N)=O. The number of hydrogen-bond donors (Lipinski definition) is 3. The lowest BCUT2D eigenvalue weighted by molar-refractivity contribution is -0.119. The summed E-state index contributed by atoms with van der Waals surface area (Å²) in [6.07, 6.45) is 0. The van der Waals surface area contributed by atoms with Gasteiger partial charge in [-0.3, -0.25) is 15.4 Å². The van der Waals surface area contributed by atoms with Gasteiger partial charge in [-0.15, -0.1) is 0 Å². The maximum absolute atomic E-state index is 10.5. The fourth-order valence-electron chi connectivity index (χ4n) is 0.971. The van der Waals surface area contributed by atoms with Crippen LogP contribution in [-0.4, -0.2) is 24.7 Å². The van der Waals surface area contributed by atoms with Crippen LogP contribution in [0.15, 0.2) is 0 Å². The molecule has 1 fully saturated rings. The molecule has 0 radical (unpaired) electrons. The van der Waals surface area contributed by atoms with Crippen LogP contribution in [0, 0.1) is 0 Å². The number of hydrogen-bond acceptors (Lipinski definition) is 3. The van der Waals surface area contributed by atoms with Crippen LogP contribution in [0.4, 0.5) is 0 Å². The molecule has 1 saturated heterocycles. The van der Waals surface area contributed by atoms with Crippen molar-refractivity contribution < 1.29 is 4.79 Å². The number of carbonyl (C=O) groups excluding carboxylic acids is 1. The van der Waals surface area contributed by atoms with Gasteiger partial charge < -0.3 is 5.73 Å². The molecular formula is C5H11N3O. The summed E-state index contributed by atoms with van der Waals surface area (Å²) in [6.45, 7) is 2.60. The molecule has 1 aliphatic rings. The molecule has 0 bridgehead atoms. The fraction of sp³-hybridized carbons (Fsp3) is 0.800. The topological polar surface area (TPSA) is 67.2 Å². The van der Waals surface area contributed by atoms with E-state index in [-0.39, 0.29) is 18.0 Å².